The number of rotatable bonds is 4. The Morgan fingerprint density at radius 1 is 1.12 bits per heavy atom. The molecule has 0 aliphatic rings. The molecule has 0 aliphatic carbocycles. The molecule has 0 atom stereocenters. The minimum Gasteiger partial charge on any atom is -0.465 e. The van der Waals surface area contributed by atoms with Crippen LogP contribution in [-0.2, 0) is 22.1 Å². The molecule has 0 radical (unpaired) electrons. The van der Waals surface area contributed by atoms with E-state index in [1.165, 1.54) is 37.4 Å². The zero-order valence-corrected chi connectivity index (χ0v) is 13.7. The van der Waals surface area contributed by atoms with Gasteiger partial charge in [-0.15, -0.1) is 0 Å². The van der Waals surface area contributed by atoms with Crippen LogP contribution in [0.1, 0.15) is 21.5 Å². The van der Waals surface area contributed by atoms with Crippen molar-refractivity contribution in [2.24, 2.45) is 0 Å². The van der Waals surface area contributed by atoms with E-state index in [2.05, 4.69) is 10.1 Å². The van der Waals surface area contributed by atoms with Crippen LogP contribution in [0.5, 0.6) is 0 Å². The lowest BCUT2D eigenvalue weighted by molar-refractivity contribution is -0.137. The molecule has 0 bridgehead atoms. The minimum absolute atomic E-state index is 0.0940. The van der Waals surface area contributed by atoms with Crippen molar-refractivity contribution in [1.29, 1.82) is 0 Å². The quantitative estimate of drug-likeness (QED) is 0.814. The molecule has 25 heavy (non-hydrogen) atoms. The fourth-order valence-electron chi connectivity index (χ4n) is 2.07. The summed E-state index contributed by atoms with van der Waals surface area (Å²) in [6.07, 6.45) is -4.54. The first-order valence-corrected chi connectivity index (χ1v) is 7.42. The molecule has 0 saturated carbocycles. The second-order valence-corrected chi connectivity index (χ2v) is 5.51. The number of esters is 1. The maximum absolute atomic E-state index is 12.5. The number of carbonyl (C=O) groups is 2. The van der Waals surface area contributed by atoms with Gasteiger partial charge in [0.15, 0.2) is 0 Å². The van der Waals surface area contributed by atoms with Gasteiger partial charge in [-0.2, -0.15) is 13.2 Å². The number of carbonyl (C=O) groups excluding carboxylic acids is 2. The number of halogens is 4. The summed E-state index contributed by atoms with van der Waals surface area (Å²) in [5.74, 6) is -1.10. The second-order valence-electron chi connectivity index (χ2n) is 5.11. The van der Waals surface area contributed by atoms with E-state index in [4.69, 9.17) is 11.6 Å². The minimum atomic E-state index is -4.42. The summed E-state index contributed by atoms with van der Waals surface area (Å²) < 4.78 is 42.1. The van der Waals surface area contributed by atoms with Crippen molar-refractivity contribution in [3.63, 3.8) is 0 Å². The lowest BCUT2D eigenvalue weighted by atomic mass is 10.1. The van der Waals surface area contributed by atoms with Crippen LogP contribution in [0, 0.1) is 0 Å². The van der Waals surface area contributed by atoms with Crippen molar-refractivity contribution in [1.82, 2.24) is 0 Å². The molecule has 1 N–H and O–H groups in total. The predicted octanol–water partition coefficient (Wildman–Crippen LogP) is 4.33. The summed E-state index contributed by atoms with van der Waals surface area (Å²) in [5, 5.41) is 2.73. The summed E-state index contributed by atoms with van der Waals surface area (Å²) >= 11 is 5.88. The van der Waals surface area contributed by atoms with Crippen LogP contribution in [0.4, 0.5) is 18.9 Å². The van der Waals surface area contributed by atoms with E-state index in [1.54, 1.807) is 0 Å². The molecule has 0 spiro atoms. The molecule has 0 aliphatic heterocycles. The van der Waals surface area contributed by atoms with Crippen LogP contribution < -0.4 is 5.32 Å². The maximum Gasteiger partial charge on any atom is 0.416 e. The molecule has 0 fully saturated rings. The van der Waals surface area contributed by atoms with Crippen LogP contribution in [0.2, 0.25) is 5.02 Å². The number of anilines is 1. The van der Waals surface area contributed by atoms with Gasteiger partial charge in [-0.1, -0.05) is 23.7 Å². The van der Waals surface area contributed by atoms with Crippen LogP contribution in [0.3, 0.4) is 0 Å². The van der Waals surface area contributed by atoms with Gasteiger partial charge < -0.3 is 10.1 Å². The fourth-order valence-corrected chi connectivity index (χ4v) is 2.27. The molecule has 2 aromatic carbocycles. The lowest BCUT2D eigenvalue weighted by Gasteiger charge is -2.09. The van der Waals surface area contributed by atoms with Gasteiger partial charge in [0.2, 0.25) is 5.91 Å². The maximum atomic E-state index is 12.5. The molecule has 8 heteroatoms. The highest BCUT2D eigenvalue weighted by Crippen LogP contribution is 2.29. The molecule has 0 saturated heterocycles. The zero-order valence-electron chi connectivity index (χ0n) is 13.0. The predicted molar refractivity (Wildman–Crippen MR) is 86.6 cm³/mol. The van der Waals surface area contributed by atoms with Crippen molar-refractivity contribution >= 4 is 29.2 Å². The molecule has 0 unspecified atom stereocenters. The normalized spacial score (nSPS) is 11.1. The number of amides is 1. The first-order chi connectivity index (χ1) is 11.7. The molecular formula is C17H13ClF3NO3. The number of benzene rings is 2. The largest absolute Gasteiger partial charge is 0.465 e. The average molecular weight is 372 g/mol. The summed E-state index contributed by atoms with van der Waals surface area (Å²) in [6.45, 7) is 0. The highest BCUT2D eigenvalue weighted by atomic mass is 35.5. The van der Waals surface area contributed by atoms with Crippen LogP contribution in [-0.4, -0.2) is 19.0 Å². The highest BCUT2D eigenvalue weighted by molar-refractivity contribution is 6.33. The smallest absolute Gasteiger partial charge is 0.416 e. The van der Waals surface area contributed by atoms with Gasteiger partial charge in [-0.05, 0) is 35.9 Å². The van der Waals surface area contributed by atoms with Crippen molar-refractivity contribution < 1.29 is 27.5 Å². The summed E-state index contributed by atoms with van der Waals surface area (Å²) in [5.41, 5.74) is 0.0583. The summed E-state index contributed by atoms with van der Waals surface area (Å²) in [7, 11) is 1.20. The van der Waals surface area contributed by atoms with E-state index < -0.39 is 23.6 Å². The van der Waals surface area contributed by atoms with Crippen molar-refractivity contribution in [3.8, 4) is 0 Å². The third-order valence-corrected chi connectivity index (χ3v) is 3.63. The van der Waals surface area contributed by atoms with Gasteiger partial charge in [0.25, 0.3) is 0 Å². The first-order valence-electron chi connectivity index (χ1n) is 7.04. The number of ether oxygens (including phenoxy) is 1. The van der Waals surface area contributed by atoms with E-state index in [-0.39, 0.29) is 17.0 Å². The van der Waals surface area contributed by atoms with Gasteiger partial charge in [0.1, 0.15) is 0 Å². The van der Waals surface area contributed by atoms with Gasteiger partial charge in [-0.25, -0.2) is 4.79 Å². The van der Waals surface area contributed by atoms with Crippen LogP contribution >= 0.6 is 11.6 Å². The highest BCUT2D eigenvalue weighted by Gasteiger charge is 2.29. The van der Waals surface area contributed by atoms with Crippen LogP contribution in [0.15, 0.2) is 42.5 Å². The van der Waals surface area contributed by atoms with E-state index in [1.807, 2.05) is 0 Å². The Hall–Kier alpha value is -2.54. The molecule has 0 heterocycles. The van der Waals surface area contributed by atoms with Crippen LogP contribution in [0.25, 0.3) is 0 Å². The van der Waals surface area contributed by atoms with Crippen molar-refractivity contribution in [2.45, 2.75) is 12.6 Å². The van der Waals surface area contributed by atoms with E-state index in [0.29, 0.717) is 11.3 Å². The molecular weight excluding hydrogens is 359 g/mol. The van der Waals surface area contributed by atoms with Gasteiger partial charge in [-0.3, -0.25) is 4.79 Å². The Bertz CT molecular complexity index is 789. The Labute approximate surface area is 146 Å². The topological polar surface area (TPSA) is 55.4 Å². The third-order valence-electron chi connectivity index (χ3n) is 3.30. The van der Waals surface area contributed by atoms with Crippen molar-refractivity contribution in [2.75, 3.05) is 12.4 Å². The lowest BCUT2D eigenvalue weighted by Crippen LogP contribution is -2.15. The molecule has 4 nitrogen and oxygen atoms in total. The SMILES string of the molecule is COC(=O)c1cc(NC(=O)Cc2ccc(C(F)(F)F)cc2)ccc1Cl. The Balaban J connectivity index is 2.06. The number of hydrogen-bond donors (Lipinski definition) is 1. The molecule has 2 aromatic rings. The second kappa shape index (κ2) is 7.57. The first kappa shape index (κ1) is 18.8. The summed E-state index contributed by atoms with van der Waals surface area (Å²) in [6, 6.07) is 8.61. The number of methoxy groups -OCH3 is 1. The van der Waals surface area contributed by atoms with E-state index in [0.717, 1.165) is 12.1 Å². The van der Waals surface area contributed by atoms with Gasteiger partial charge >= 0.3 is 12.1 Å². The van der Waals surface area contributed by atoms with Gasteiger partial charge in [0.05, 0.1) is 29.7 Å². The molecule has 1 amide bonds. The average Bonchev–Trinajstić information content (AvgIpc) is 2.55. The Morgan fingerprint density at radius 2 is 1.76 bits per heavy atom. The van der Waals surface area contributed by atoms with Crippen molar-refractivity contribution in [3.05, 3.63) is 64.2 Å². The monoisotopic (exact) mass is 371 g/mol. The molecule has 0 aromatic heterocycles. The molecule has 2 rings (SSSR count). The molecule has 132 valence electrons. The Kier molecular flexibility index (Phi) is 5.69. The Morgan fingerprint density at radius 3 is 2.32 bits per heavy atom. The number of hydrogen-bond acceptors (Lipinski definition) is 3. The zero-order chi connectivity index (χ0) is 18.6. The standard InChI is InChI=1S/C17H13ClF3NO3/c1-25-16(24)13-9-12(6-7-14(13)18)22-15(23)8-10-2-4-11(5-3-10)17(19,20)21/h2-7,9H,8H2,1H3,(H,22,23). The van der Waals surface area contributed by atoms with E-state index >= 15 is 0 Å². The summed E-state index contributed by atoms with van der Waals surface area (Å²) in [4.78, 5) is 23.6. The fraction of sp³-hybridized carbons (Fsp3) is 0.176. The third kappa shape index (κ3) is 4.96. The van der Waals surface area contributed by atoms with E-state index in [9.17, 15) is 22.8 Å². The number of alkyl halides is 3. The number of nitrogens with one attached hydrogen (secondary N) is 1. The van der Waals surface area contributed by atoms with Gasteiger partial charge in [0, 0.05) is 5.69 Å².